The maximum atomic E-state index is 3.56. The lowest BCUT2D eigenvalue weighted by Gasteiger charge is -2.29. The normalized spacial score (nSPS) is 25.2. The fourth-order valence-corrected chi connectivity index (χ4v) is 3.01. The van der Waals surface area contributed by atoms with Crippen LogP contribution in [-0.2, 0) is 6.42 Å². The molecule has 1 saturated heterocycles. The van der Waals surface area contributed by atoms with Crippen LogP contribution in [-0.4, -0.2) is 25.7 Å². The van der Waals surface area contributed by atoms with Gasteiger partial charge in [-0.25, -0.2) is 0 Å². The van der Waals surface area contributed by atoms with E-state index in [0.717, 1.165) is 6.54 Å². The Morgan fingerprint density at radius 3 is 3.12 bits per heavy atom. The van der Waals surface area contributed by atoms with Crippen molar-refractivity contribution < 1.29 is 0 Å². The second kappa shape index (κ2) is 4.46. The highest BCUT2D eigenvalue weighted by Gasteiger charge is 2.25. The van der Waals surface area contributed by atoms with Gasteiger partial charge in [0.1, 0.15) is 0 Å². The molecule has 1 atom stereocenters. The van der Waals surface area contributed by atoms with E-state index in [1.165, 1.54) is 50.0 Å². The van der Waals surface area contributed by atoms with Crippen LogP contribution in [0.25, 0.3) is 0 Å². The second-order valence-corrected chi connectivity index (χ2v) is 4.93. The summed E-state index contributed by atoms with van der Waals surface area (Å²) in [6.45, 7) is 3.58. The molecule has 2 aliphatic heterocycles. The predicted molar refractivity (Wildman–Crippen MR) is 68.0 cm³/mol. The zero-order valence-corrected chi connectivity index (χ0v) is 9.78. The van der Waals surface area contributed by atoms with Crippen LogP contribution < -0.4 is 10.2 Å². The minimum Gasteiger partial charge on any atom is -0.367 e. The lowest BCUT2D eigenvalue weighted by atomic mass is 10.1. The number of nitrogens with zero attached hydrogens (tertiary/aromatic N) is 1. The summed E-state index contributed by atoms with van der Waals surface area (Å²) >= 11 is 0. The average molecular weight is 216 g/mol. The van der Waals surface area contributed by atoms with Gasteiger partial charge in [-0.3, -0.25) is 0 Å². The monoisotopic (exact) mass is 216 g/mol. The highest BCUT2D eigenvalue weighted by molar-refractivity contribution is 5.58. The summed E-state index contributed by atoms with van der Waals surface area (Å²) in [5.74, 6) is 0. The number of nitrogens with one attached hydrogen (secondary N) is 1. The lowest BCUT2D eigenvalue weighted by molar-refractivity contribution is 0.553. The first-order valence-electron chi connectivity index (χ1n) is 6.50. The summed E-state index contributed by atoms with van der Waals surface area (Å²) < 4.78 is 0. The standard InChI is InChI=1S/C14H20N2/c1-2-7-14-12(5-1)8-10-16(14)13-6-3-4-9-15-11-13/h1-2,5,7,13,15H,3-4,6,8-11H2. The molecule has 1 aromatic rings. The van der Waals surface area contributed by atoms with E-state index in [1.54, 1.807) is 0 Å². The van der Waals surface area contributed by atoms with Crippen molar-refractivity contribution in [1.82, 2.24) is 5.32 Å². The van der Waals surface area contributed by atoms with Gasteiger partial charge in [0.15, 0.2) is 0 Å². The molecule has 2 heterocycles. The minimum atomic E-state index is 0.714. The van der Waals surface area contributed by atoms with Crippen molar-refractivity contribution in [3.05, 3.63) is 29.8 Å². The number of benzene rings is 1. The summed E-state index contributed by atoms with van der Waals surface area (Å²) in [7, 11) is 0. The van der Waals surface area contributed by atoms with E-state index in [1.807, 2.05) is 0 Å². The molecule has 2 heteroatoms. The molecular formula is C14H20N2. The molecule has 86 valence electrons. The molecule has 0 spiro atoms. The van der Waals surface area contributed by atoms with Gasteiger partial charge >= 0.3 is 0 Å². The van der Waals surface area contributed by atoms with Crippen molar-refractivity contribution in [2.24, 2.45) is 0 Å². The van der Waals surface area contributed by atoms with Crippen LogP contribution in [0.2, 0.25) is 0 Å². The zero-order chi connectivity index (χ0) is 10.8. The molecule has 1 unspecified atom stereocenters. The topological polar surface area (TPSA) is 15.3 Å². The van der Waals surface area contributed by atoms with Crippen LogP contribution in [0.5, 0.6) is 0 Å². The van der Waals surface area contributed by atoms with E-state index in [-0.39, 0.29) is 0 Å². The van der Waals surface area contributed by atoms with Crippen LogP contribution in [0.3, 0.4) is 0 Å². The Labute approximate surface area is 97.6 Å². The first kappa shape index (κ1) is 10.2. The molecule has 0 aliphatic carbocycles. The van der Waals surface area contributed by atoms with Crippen molar-refractivity contribution in [3.8, 4) is 0 Å². The van der Waals surface area contributed by atoms with E-state index < -0.39 is 0 Å². The van der Waals surface area contributed by atoms with E-state index in [2.05, 4.69) is 34.5 Å². The summed E-state index contributed by atoms with van der Waals surface area (Å²) in [5, 5.41) is 3.56. The van der Waals surface area contributed by atoms with E-state index in [4.69, 9.17) is 0 Å². The first-order chi connectivity index (χ1) is 7.95. The van der Waals surface area contributed by atoms with Crippen LogP contribution in [0.1, 0.15) is 24.8 Å². The fourth-order valence-electron chi connectivity index (χ4n) is 3.01. The van der Waals surface area contributed by atoms with E-state index in [9.17, 15) is 0 Å². The summed E-state index contributed by atoms with van der Waals surface area (Å²) in [6, 6.07) is 9.60. The SMILES string of the molecule is c1ccc2c(c1)CCN2C1CCCCNC1. The van der Waals surface area contributed by atoms with Crippen LogP contribution in [0.15, 0.2) is 24.3 Å². The quantitative estimate of drug-likeness (QED) is 0.774. The number of hydrogen-bond donors (Lipinski definition) is 1. The molecule has 1 aromatic carbocycles. The van der Waals surface area contributed by atoms with Gasteiger partial charge in [-0.1, -0.05) is 24.6 Å². The molecule has 0 amide bonds. The number of anilines is 1. The molecule has 0 bridgehead atoms. The maximum Gasteiger partial charge on any atom is 0.0414 e. The molecule has 0 aromatic heterocycles. The van der Waals surface area contributed by atoms with Gasteiger partial charge in [0.25, 0.3) is 0 Å². The van der Waals surface area contributed by atoms with Crippen molar-refractivity contribution in [2.45, 2.75) is 31.7 Å². The van der Waals surface area contributed by atoms with Gasteiger partial charge in [-0.05, 0) is 37.4 Å². The summed E-state index contributed by atoms with van der Waals surface area (Å²) in [5.41, 5.74) is 3.02. The summed E-state index contributed by atoms with van der Waals surface area (Å²) in [6.07, 6.45) is 5.29. The number of hydrogen-bond acceptors (Lipinski definition) is 2. The third-order valence-electron chi connectivity index (χ3n) is 3.88. The Kier molecular flexibility index (Phi) is 2.83. The molecule has 0 radical (unpaired) electrons. The highest BCUT2D eigenvalue weighted by atomic mass is 15.2. The number of fused-ring (bicyclic) bond motifs is 1. The molecule has 1 fully saturated rings. The predicted octanol–water partition coefficient (Wildman–Crippen LogP) is 2.19. The van der Waals surface area contributed by atoms with Gasteiger partial charge < -0.3 is 10.2 Å². The number of para-hydroxylation sites is 1. The molecular weight excluding hydrogens is 196 g/mol. The largest absolute Gasteiger partial charge is 0.367 e. The van der Waals surface area contributed by atoms with Crippen molar-refractivity contribution in [1.29, 1.82) is 0 Å². The molecule has 16 heavy (non-hydrogen) atoms. The Balaban J connectivity index is 1.80. The van der Waals surface area contributed by atoms with Gasteiger partial charge in [0, 0.05) is 24.8 Å². The molecule has 1 N–H and O–H groups in total. The molecule has 2 aliphatic rings. The summed E-state index contributed by atoms with van der Waals surface area (Å²) in [4.78, 5) is 2.62. The Morgan fingerprint density at radius 2 is 2.12 bits per heavy atom. The minimum absolute atomic E-state index is 0.714. The second-order valence-electron chi connectivity index (χ2n) is 4.93. The zero-order valence-electron chi connectivity index (χ0n) is 9.78. The molecule has 0 saturated carbocycles. The molecule has 2 nitrogen and oxygen atoms in total. The van der Waals surface area contributed by atoms with Crippen LogP contribution in [0, 0.1) is 0 Å². The van der Waals surface area contributed by atoms with Gasteiger partial charge in [-0.2, -0.15) is 0 Å². The number of rotatable bonds is 1. The van der Waals surface area contributed by atoms with Crippen molar-refractivity contribution in [2.75, 3.05) is 24.5 Å². The van der Waals surface area contributed by atoms with E-state index >= 15 is 0 Å². The maximum absolute atomic E-state index is 3.56. The van der Waals surface area contributed by atoms with Gasteiger partial charge in [-0.15, -0.1) is 0 Å². The third-order valence-corrected chi connectivity index (χ3v) is 3.88. The Bertz CT molecular complexity index is 354. The van der Waals surface area contributed by atoms with Crippen molar-refractivity contribution in [3.63, 3.8) is 0 Å². The third kappa shape index (κ3) is 1.82. The van der Waals surface area contributed by atoms with Gasteiger partial charge in [0.05, 0.1) is 0 Å². The molecule has 3 rings (SSSR count). The van der Waals surface area contributed by atoms with Crippen LogP contribution >= 0.6 is 0 Å². The Hall–Kier alpha value is -1.02. The Morgan fingerprint density at radius 1 is 1.19 bits per heavy atom. The van der Waals surface area contributed by atoms with E-state index in [0.29, 0.717) is 6.04 Å². The first-order valence-corrected chi connectivity index (χ1v) is 6.50. The highest BCUT2D eigenvalue weighted by Crippen LogP contribution is 2.30. The van der Waals surface area contributed by atoms with Crippen LogP contribution in [0.4, 0.5) is 5.69 Å². The van der Waals surface area contributed by atoms with Gasteiger partial charge in [0.2, 0.25) is 0 Å². The average Bonchev–Trinajstić information content (AvgIpc) is 2.57. The smallest absolute Gasteiger partial charge is 0.0414 e. The van der Waals surface area contributed by atoms with Crippen molar-refractivity contribution >= 4 is 5.69 Å². The lowest BCUT2D eigenvalue weighted by Crippen LogP contribution is -2.40. The fraction of sp³-hybridized carbons (Fsp3) is 0.571.